The number of carbonyl (C=O) groups is 2. The maximum absolute atomic E-state index is 13.1. The second-order valence-electron chi connectivity index (χ2n) is 20.8. The van der Waals surface area contributed by atoms with Crippen molar-refractivity contribution >= 4 is 11.9 Å². The Morgan fingerprint density at radius 2 is 0.824 bits per heavy atom. The quantitative estimate of drug-likeness (QED) is 0.0171. The highest BCUT2D eigenvalue weighted by molar-refractivity contribution is 5.70. The minimum absolute atomic E-state index is 0.116. The summed E-state index contributed by atoms with van der Waals surface area (Å²) in [6, 6.07) is 0. The van der Waals surface area contributed by atoms with E-state index in [9.17, 15) is 45.3 Å². The lowest BCUT2D eigenvalue weighted by Gasteiger charge is -2.42. The molecule has 11 atom stereocenters. The zero-order valence-corrected chi connectivity index (χ0v) is 46.1. The van der Waals surface area contributed by atoms with Gasteiger partial charge in [-0.15, -0.1) is 0 Å². The van der Waals surface area contributed by atoms with Crippen molar-refractivity contribution in [3.05, 3.63) is 36.5 Å². The van der Waals surface area contributed by atoms with E-state index >= 15 is 0 Å². The van der Waals surface area contributed by atoms with E-state index in [1.165, 1.54) is 128 Å². The molecule has 2 aliphatic heterocycles. The number of hydrogen-bond acceptors (Lipinski definition) is 15. The van der Waals surface area contributed by atoms with E-state index in [1.807, 2.05) is 0 Å². The molecular weight excluding hydrogens is 949 g/mol. The minimum Gasteiger partial charge on any atom is -0.462 e. The van der Waals surface area contributed by atoms with E-state index in [4.69, 9.17) is 28.4 Å². The Kier molecular flexibility index (Phi) is 41.9. The van der Waals surface area contributed by atoms with Crippen LogP contribution in [0.5, 0.6) is 0 Å². The maximum Gasteiger partial charge on any atom is 0.306 e. The van der Waals surface area contributed by atoms with Gasteiger partial charge >= 0.3 is 11.9 Å². The Hall–Kier alpha value is -2.28. The summed E-state index contributed by atoms with van der Waals surface area (Å²) in [4.78, 5) is 25.9. The molecule has 0 bridgehead atoms. The summed E-state index contributed by atoms with van der Waals surface area (Å²) in [5, 5.41) is 72.3. The minimum atomic E-state index is -1.77. The van der Waals surface area contributed by atoms with Crippen LogP contribution in [0.4, 0.5) is 0 Å². The van der Waals surface area contributed by atoms with Gasteiger partial charge in [-0.05, 0) is 64.2 Å². The van der Waals surface area contributed by atoms with Crippen LogP contribution in [-0.2, 0) is 38.0 Å². The lowest BCUT2D eigenvalue weighted by atomic mass is 9.98. The van der Waals surface area contributed by atoms with E-state index in [0.29, 0.717) is 19.3 Å². The predicted molar refractivity (Wildman–Crippen MR) is 289 cm³/mol. The first-order chi connectivity index (χ1) is 36.0. The molecule has 2 aliphatic rings. The van der Waals surface area contributed by atoms with Crippen LogP contribution in [0.1, 0.15) is 232 Å². The van der Waals surface area contributed by atoms with Gasteiger partial charge in [-0.2, -0.15) is 0 Å². The van der Waals surface area contributed by atoms with Gasteiger partial charge in [0.2, 0.25) is 0 Å². The largest absolute Gasteiger partial charge is 0.462 e. The van der Waals surface area contributed by atoms with Crippen molar-refractivity contribution in [2.75, 3.05) is 26.4 Å². The van der Waals surface area contributed by atoms with Crippen molar-refractivity contribution in [1.82, 2.24) is 0 Å². The Labute approximate surface area is 446 Å². The fraction of sp³-hybridized carbons (Fsp3) is 0.864. The molecule has 15 heteroatoms. The number of allylic oxidation sites excluding steroid dienone is 6. The van der Waals surface area contributed by atoms with E-state index in [1.54, 1.807) is 0 Å². The standard InChI is InChI=1S/C59H106O15/c1-3-5-7-9-11-13-15-17-19-20-21-22-23-24-25-26-28-30-32-34-36-38-40-42-51(62)72-47(44-69-50(61)41-39-37-35-33-31-29-27-18-16-14-12-10-8-6-4-2)45-70-58-57(68)55(66)53(64)49(74-58)46-71-59-56(67)54(65)52(63)48(43-60)73-59/h12,14,18,27,34,36,47-49,52-60,63-68H,3-11,13,15-17,19-26,28-33,35,37-46H2,1-2H3/b14-12+,27-18+,36-34+/t47-,48+,49+,52-,53-,54?,55?,56?,57?,58+,59+/m1/s1. The Morgan fingerprint density at radius 3 is 1.34 bits per heavy atom. The topological polar surface area (TPSA) is 231 Å². The molecule has 432 valence electrons. The van der Waals surface area contributed by atoms with Crippen molar-refractivity contribution in [2.24, 2.45) is 0 Å². The van der Waals surface area contributed by atoms with E-state index in [0.717, 1.165) is 57.8 Å². The molecule has 0 radical (unpaired) electrons. The number of hydrogen-bond donors (Lipinski definition) is 7. The number of aliphatic hydroxyl groups excluding tert-OH is 7. The molecule has 2 rings (SSSR count). The van der Waals surface area contributed by atoms with Crippen molar-refractivity contribution in [3.63, 3.8) is 0 Å². The smallest absolute Gasteiger partial charge is 0.306 e. The molecule has 2 fully saturated rings. The van der Waals surface area contributed by atoms with Gasteiger partial charge in [-0.1, -0.05) is 192 Å². The second-order valence-corrected chi connectivity index (χ2v) is 20.8. The average molecular weight is 1060 g/mol. The molecule has 4 unspecified atom stereocenters. The van der Waals surface area contributed by atoms with Crippen LogP contribution in [0, 0.1) is 0 Å². The first-order valence-electron chi connectivity index (χ1n) is 29.6. The highest BCUT2D eigenvalue weighted by Crippen LogP contribution is 2.27. The summed E-state index contributed by atoms with van der Waals surface area (Å²) < 4.78 is 33.6. The predicted octanol–water partition coefficient (Wildman–Crippen LogP) is 10.1. The first kappa shape index (κ1) is 67.8. The van der Waals surface area contributed by atoms with Crippen LogP contribution in [0.3, 0.4) is 0 Å². The third-order valence-electron chi connectivity index (χ3n) is 14.1. The molecule has 0 aliphatic carbocycles. The van der Waals surface area contributed by atoms with Crippen LogP contribution >= 0.6 is 0 Å². The molecule has 0 saturated carbocycles. The lowest BCUT2D eigenvalue weighted by Crippen LogP contribution is -2.61. The molecular formula is C59H106O15. The van der Waals surface area contributed by atoms with Gasteiger partial charge in [-0.3, -0.25) is 9.59 Å². The van der Waals surface area contributed by atoms with Gasteiger partial charge < -0.3 is 64.2 Å². The Bertz CT molecular complexity index is 1430. The van der Waals surface area contributed by atoms with Crippen LogP contribution in [-0.4, -0.2) is 142 Å². The third-order valence-corrected chi connectivity index (χ3v) is 14.1. The van der Waals surface area contributed by atoms with Gasteiger partial charge in [0.25, 0.3) is 0 Å². The molecule has 0 aromatic carbocycles. The third kappa shape index (κ3) is 32.5. The van der Waals surface area contributed by atoms with Gasteiger partial charge in [0.1, 0.15) is 55.4 Å². The summed E-state index contributed by atoms with van der Waals surface area (Å²) in [6.45, 7) is 2.56. The van der Waals surface area contributed by atoms with Crippen LogP contribution in [0.25, 0.3) is 0 Å². The number of carbonyl (C=O) groups excluding carboxylic acids is 2. The van der Waals surface area contributed by atoms with Crippen LogP contribution in [0.15, 0.2) is 36.5 Å². The Balaban J connectivity index is 1.75. The molecule has 0 spiro atoms. The summed E-state index contributed by atoms with van der Waals surface area (Å²) >= 11 is 0. The molecule has 0 aromatic rings. The van der Waals surface area contributed by atoms with E-state index in [-0.39, 0.29) is 19.4 Å². The number of unbranched alkanes of at least 4 members (excludes halogenated alkanes) is 27. The van der Waals surface area contributed by atoms with Crippen molar-refractivity contribution in [2.45, 2.75) is 300 Å². The first-order valence-corrected chi connectivity index (χ1v) is 29.6. The molecule has 7 N–H and O–H groups in total. The number of esters is 2. The van der Waals surface area contributed by atoms with Gasteiger partial charge in [-0.25, -0.2) is 0 Å². The molecule has 2 heterocycles. The maximum atomic E-state index is 13.1. The number of ether oxygens (including phenoxy) is 6. The summed E-state index contributed by atoms with van der Waals surface area (Å²) in [6.07, 6.45) is 34.7. The molecule has 15 nitrogen and oxygen atoms in total. The van der Waals surface area contributed by atoms with Crippen molar-refractivity contribution in [1.29, 1.82) is 0 Å². The zero-order chi connectivity index (χ0) is 53.9. The number of aliphatic hydroxyl groups is 7. The van der Waals surface area contributed by atoms with E-state index in [2.05, 4.69) is 50.3 Å². The average Bonchev–Trinajstić information content (AvgIpc) is 3.39. The summed E-state index contributed by atoms with van der Waals surface area (Å²) in [5.74, 6) is -0.971. The highest BCUT2D eigenvalue weighted by atomic mass is 16.7. The second kappa shape index (κ2) is 45.7. The van der Waals surface area contributed by atoms with Gasteiger partial charge in [0.05, 0.1) is 19.8 Å². The van der Waals surface area contributed by atoms with Crippen molar-refractivity contribution in [3.8, 4) is 0 Å². The Morgan fingerprint density at radius 1 is 0.432 bits per heavy atom. The van der Waals surface area contributed by atoms with Gasteiger partial charge in [0, 0.05) is 12.8 Å². The van der Waals surface area contributed by atoms with Crippen LogP contribution < -0.4 is 0 Å². The molecule has 0 amide bonds. The fourth-order valence-electron chi connectivity index (χ4n) is 9.25. The van der Waals surface area contributed by atoms with E-state index < -0.39 is 99.3 Å². The fourth-order valence-corrected chi connectivity index (χ4v) is 9.25. The highest BCUT2D eigenvalue weighted by Gasteiger charge is 2.47. The molecule has 74 heavy (non-hydrogen) atoms. The summed E-state index contributed by atoms with van der Waals surface area (Å²) in [7, 11) is 0. The van der Waals surface area contributed by atoms with Crippen molar-refractivity contribution < 1.29 is 73.8 Å². The normalized spacial score (nSPS) is 24.9. The molecule has 0 aromatic heterocycles. The van der Waals surface area contributed by atoms with Crippen LogP contribution in [0.2, 0.25) is 0 Å². The molecule has 2 saturated heterocycles. The summed E-state index contributed by atoms with van der Waals surface area (Å²) in [5.41, 5.74) is 0. The SMILES string of the molecule is CCCCC/C=C/C/C=C/CCCCCCCC(=O)OC[C@H](CO[C@H]1O[C@@H](CO[C@H]2O[C@@H](CO)[C@@H](O)C(O)C2O)[C@@H](O)C(O)C1O)OC(=O)CCC/C=C/CCCCCCCCCCCCCCCCCCCC. The zero-order valence-electron chi connectivity index (χ0n) is 46.1. The monoisotopic (exact) mass is 1050 g/mol. The van der Waals surface area contributed by atoms with Gasteiger partial charge in [0.15, 0.2) is 18.7 Å². The lowest BCUT2D eigenvalue weighted by molar-refractivity contribution is -0.332. The number of rotatable bonds is 47.